The first-order chi connectivity index (χ1) is 14.3. The van der Waals surface area contributed by atoms with E-state index in [4.69, 9.17) is 5.73 Å². The molecule has 0 bridgehead atoms. The number of rotatable bonds is 4. The van der Waals surface area contributed by atoms with Crippen molar-refractivity contribution in [1.29, 1.82) is 15.8 Å². The van der Waals surface area contributed by atoms with Crippen LogP contribution in [0.3, 0.4) is 0 Å². The minimum Gasteiger partial charge on any atom is -0.481 e. The smallest absolute Gasteiger partial charge is 0.307 e. The average molecular weight is 418 g/mol. The van der Waals surface area contributed by atoms with Gasteiger partial charge >= 0.3 is 5.97 Å². The van der Waals surface area contributed by atoms with Crippen LogP contribution in [0.1, 0.15) is 30.0 Å². The number of carbonyl (C=O) groups is 1. The Kier molecular flexibility index (Phi) is 5.34. The molecule has 0 aromatic heterocycles. The molecular weight excluding hydrogens is 403 g/mol. The Hall–Kier alpha value is -4.06. The summed E-state index contributed by atoms with van der Waals surface area (Å²) in [4.78, 5) is 11.6. The molecule has 0 saturated carbocycles. The molecule has 2 aromatic rings. The first kappa shape index (κ1) is 20.7. The van der Waals surface area contributed by atoms with Gasteiger partial charge in [0.05, 0.1) is 16.4 Å². The molecule has 6 nitrogen and oxygen atoms in total. The summed E-state index contributed by atoms with van der Waals surface area (Å²) >= 11 is 0. The van der Waals surface area contributed by atoms with Crippen molar-refractivity contribution in [3.63, 3.8) is 0 Å². The Balaban J connectivity index is 2.17. The van der Waals surface area contributed by atoms with Crippen LogP contribution in [0.25, 0.3) is 16.8 Å². The number of fused-ring (bicyclic) bond motifs is 1. The molecule has 1 aliphatic rings. The molecule has 0 amide bonds. The summed E-state index contributed by atoms with van der Waals surface area (Å²) in [6.45, 7) is 1.74. The van der Waals surface area contributed by atoms with Crippen molar-refractivity contribution in [2.45, 2.75) is 18.2 Å². The lowest BCUT2D eigenvalue weighted by Gasteiger charge is -2.15. The molecule has 0 saturated heterocycles. The van der Waals surface area contributed by atoms with E-state index in [1.165, 1.54) is 24.3 Å². The molecule has 0 heterocycles. The zero-order valence-electron chi connectivity index (χ0n) is 15.8. The van der Waals surface area contributed by atoms with Gasteiger partial charge in [-0.05, 0) is 59.0 Å². The Labute approximate surface area is 173 Å². The van der Waals surface area contributed by atoms with Crippen molar-refractivity contribution >= 4 is 32.8 Å². The lowest BCUT2D eigenvalue weighted by atomic mass is 9.98. The van der Waals surface area contributed by atoms with Crippen LogP contribution >= 0.6 is 10.0 Å². The molecule has 30 heavy (non-hydrogen) atoms. The van der Waals surface area contributed by atoms with Gasteiger partial charge in [0.15, 0.2) is 0 Å². The number of aliphatic carboxylic acids is 1. The number of thiocyanates is 3. The van der Waals surface area contributed by atoms with Crippen LogP contribution in [0, 0.1) is 37.8 Å². The number of carboxylic acids is 1. The lowest BCUT2D eigenvalue weighted by molar-refractivity contribution is -0.135. The molecule has 0 aliphatic heterocycles. The second kappa shape index (κ2) is 7.75. The summed E-state index contributed by atoms with van der Waals surface area (Å²) in [5.74, 6) is -1.51. The number of nitriles is 3. The van der Waals surface area contributed by atoms with Crippen LogP contribution in [0.5, 0.6) is 0 Å². The van der Waals surface area contributed by atoms with Crippen LogP contribution < -0.4 is 5.73 Å². The summed E-state index contributed by atoms with van der Waals surface area (Å²) in [6, 6.07) is 10.4. The van der Waals surface area contributed by atoms with Crippen LogP contribution in [0.2, 0.25) is 0 Å². The number of halogens is 1. The molecule has 1 aliphatic carbocycles. The first-order valence-corrected chi connectivity index (χ1v) is 10.3. The largest absolute Gasteiger partial charge is 0.481 e. The van der Waals surface area contributed by atoms with Gasteiger partial charge < -0.3 is 10.8 Å². The maximum Gasteiger partial charge on any atom is 0.307 e. The van der Waals surface area contributed by atoms with Crippen molar-refractivity contribution in [2.24, 2.45) is 5.73 Å². The van der Waals surface area contributed by atoms with E-state index < -0.39 is 21.8 Å². The van der Waals surface area contributed by atoms with Crippen LogP contribution in [-0.2, 0) is 4.79 Å². The maximum atomic E-state index is 13.8. The van der Waals surface area contributed by atoms with Crippen LogP contribution in [-0.4, -0.2) is 11.1 Å². The zero-order chi connectivity index (χ0) is 22.1. The highest BCUT2D eigenvalue weighted by Crippen LogP contribution is 2.53. The number of hydrogen-bond acceptors (Lipinski definition) is 5. The van der Waals surface area contributed by atoms with E-state index in [2.05, 4.69) is 0 Å². The van der Waals surface area contributed by atoms with Crippen molar-refractivity contribution < 1.29 is 14.3 Å². The quantitative estimate of drug-likeness (QED) is 0.701. The first-order valence-electron chi connectivity index (χ1n) is 8.66. The summed E-state index contributed by atoms with van der Waals surface area (Å²) in [7, 11) is -2.89. The number of nitrogens with zero attached hydrogens (tertiary/aromatic N) is 3. The number of nitrogens with two attached hydrogens (primary N) is 1. The molecule has 0 spiro atoms. The van der Waals surface area contributed by atoms with Gasteiger partial charge in [-0.25, -0.2) is 4.39 Å². The molecule has 3 N–H and O–H groups in total. The Bertz CT molecular complexity index is 1220. The summed E-state index contributed by atoms with van der Waals surface area (Å²) < 4.78 is 13.8. The minimum absolute atomic E-state index is 0.267. The predicted molar refractivity (Wildman–Crippen MR) is 111 cm³/mol. The minimum atomic E-state index is -2.89. The Morgan fingerprint density at radius 2 is 1.67 bits per heavy atom. The molecule has 0 atom stereocenters. The normalized spacial score (nSPS) is 14.9. The molecule has 0 fully saturated rings. The second-order valence-corrected chi connectivity index (χ2v) is 8.81. The molecule has 8 heteroatoms. The number of carboxylic acid groups (broad SMARTS) is 1. The van der Waals surface area contributed by atoms with Crippen molar-refractivity contribution in [3.05, 3.63) is 70.5 Å². The van der Waals surface area contributed by atoms with Gasteiger partial charge in [-0.3, -0.25) is 4.79 Å². The Morgan fingerprint density at radius 3 is 2.20 bits per heavy atom. The van der Waals surface area contributed by atoms with Gasteiger partial charge in [0.25, 0.3) is 0 Å². The highest BCUT2D eigenvalue weighted by molar-refractivity contribution is 8.44. The van der Waals surface area contributed by atoms with E-state index in [9.17, 15) is 30.1 Å². The molecular formula is C22H15FN4O2S. The van der Waals surface area contributed by atoms with Gasteiger partial charge in [-0.2, -0.15) is 15.8 Å². The van der Waals surface area contributed by atoms with E-state index in [-0.39, 0.29) is 6.42 Å². The molecule has 3 rings (SSSR count). The third-order valence-corrected chi connectivity index (χ3v) is 6.73. The van der Waals surface area contributed by atoms with E-state index in [1.54, 1.807) is 41.3 Å². The molecule has 0 radical (unpaired) electrons. The maximum absolute atomic E-state index is 13.8. The number of allylic oxidation sites excluding steroid dienone is 2. The fraction of sp³-hybridized carbons (Fsp3) is 0.0909. The average Bonchev–Trinajstić information content (AvgIpc) is 3.00. The topological polar surface area (TPSA) is 135 Å². The van der Waals surface area contributed by atoms with Crippen LogP contribution in [0.4, 0.5) is 4.39 Å². The van der Waals surface area contributed by atoms with Crippen molar-refractivity contribution in [1.82, 2.24) is 0 Å². The fourth-order valence-electron chi connectivity index (χ4n) is 3.47. The van der Waals surface area contributed by atoms with Gasteiger partial charge in [0.1, 0.15) is 22.0 Å². The highest BCUT2D eigenvalue weighted by Gasteiger charge is 2.29. The van der Waals surface area contributed by atoms with E-state index in [0.717, 1.165) is 0 Å². The SMILES string of the molecule is CC1=C(CC(=O)O)c2cc(F)ccc2/C1=C(\N)c1ccc(S(C#N)(C#N)C#N)cc1. The van der Waals surface area contributed by atoms with E-state index in [1.807, 2.05) is 0 Å². The second-order valence-electron chi connectivity index (χ2n) is 6.56. The summed E-state index contributed by atoms with van der Waals surface area (Å²) in [5, 5.41) is 42.5. The predicted octanol–water partition coefficient (Wildman–Crippen LogP) is 4.52. The molecule has 148 valence electrons. The van der Waals surface area contributed by atoms with Gasteiger partial charge in [-0.1, -0.05) is 18.2 Å². The summed E-state index contributed by atoms with van der Waals surface area (Å²) in [6.07, 6.45) is -0.267. The summed E-state index contributed by atoms with van der Waals surface area (Å²) in [5.41, 5.74) is 10.2. The fourth-order valence-corrected chi connectivity index (χ4v) is 4.45. The third-order valence-electron chi connectivity index (χ3n) is 4.93. The third kappa shape index (κ3) is 3.28. The standard InChI is InChI=1S/C22H15FN4O2S/c1-13-18(9-20(28)29)19-8-15(23)4-7-17(19)21(13)22(27)14-2-5-16(6-3-14)30(10-24,11-25)12-26/h2-8H,9,27H2,1H3,(H,28,29)/b22-21-. The van der Waals surface area contributed by atoms with Crippen LogP contribution in [0.15, 0.2) is 52.9 Å². The molecule has 0 unspecified atom stereocenters. The highest BCUT2D eigenvalue weighted by atomic mass is 32.3. The van der Waals surface area contributed by atoms with Gasteiger partial charge in [0.2, 0.25) is 0 Å². The van der Waals surface area contributed by atoms with E-state index >= 15 is 0 Å². The Morgan fingerprint density at radius 1 is 1.07 bits per heavy atom. The van der Waals surface area contributed by atoms with E-state index in [0.29, 0.717) is 44.0 Å². The molecule has 2 aromatic carbocycles. The number of benzene rings is 2. The van der Waals surface area contributed by atoms with Gasteiger partial charge in [-0.15, -0.1) is 0 Å². The van der Waals surface area contributed by atoms with Gasteiger partial charge in [0, 0.05) is 16.2 Å². The number of hydrogen-bond donors (Lipinski definition) is 2. The monoisotopic (exact) mass is 418 g/mol. The van der Waals surface area contributed by atoms with Crippen molar-refractivity contribution in [2.75, 3.05) is 0 Å². The zero-order valence-corrected chi connectivity index (χ0v) is 16.6. The lowest BCUT2D eigenvalue weighted by Crippen LogP contribution is -2.02. The van der Waals surface area contributed by atoms with Crippen molar-refractivity contribution in [3.8, 4) is 16.2 Å².